The zero-order valence-corrected chi connectivity index (χ0v) is 13.9. The van der Waals surface area contributed by atoms with Crippen molar-refractivity contribution in [2.75, 3.05) is 19.6 Å². The van der Waals surface area contributed by atoms with Gasteiger partial charge in [0.05, 0.1) is 36.7 Å². The monoisotopic (exact) mass is 374 g/mol. The molecule has 2 N–H and O–H groups in total. The van der Waals surface area contributed by atoms with Crippen molar-refractivity contribution in [2.45, 2.75) is 6.18 Å². The number of phenols is 1. The number of hydrogen-bond acceptors (Lipinski definition) is 5. The van der Waals surface area contributed by atoms with Crippen LogP contribution in [0.4, 0.5) is 18.9 Å². The number of alkyl halides is 3. The fourth-order valence-electron chi connectivity index (χ4n) is 1.95. The smallest absolute Gasteiger partial charge is 0.416 e. The minimum absolute atomic E-state index is 0.00505. The van der Waals surface area contributed by atoms with Gasteiger partial charge in [-0.2, -0.15) is 18.3 Å². The number of benzene rings is 2. The van der Waals surface area contributed by atoms with E-state index in [1.54, 1.807) is 0 Å². The standard InChI is InChI=1S/C16H14ClF3N2O3/c1-24-13-5-9(6-14(25-2)15(13)23)8-21-22-12-7-10(16(18,19)20)3-4-11(12)17/h3-8,22-23H,1-2H3. The van der Waals surface area contributed by atoms with Crippen LogP contribution in [0.2, 0.25) is 5.02 Å². The highest BCUT2D eigenvalue weighted by Crippen LogP contribution is 2.37. The maximum Gasteiger partial charge on any atom is 0.416 e. The van der Waals surface area contributed by atoms with Gasteiger partial charge in [0.15, 0.2) is 11.5 Å². The SMILES string of the molecule is COc1cc(C=NNc2cc(C(F)(F)F)ccc2Cl)cc(OC)c1O. The first-order chi connectivity index (χ1) is 11.8. The van der Waals surface area contributed by atoms with Gasteiger partial charge >= 0.3 is 6.18 Å². The summed E-state index contributed by atoms with van der Waals surface area (Å²) in [5, 5.41) is 13.8. The number of hydrogen-bond donors (Lipinski definition) is 2. The highest BCUT2D eigenvalue weighted by molar-refractivity contribution is 6.33. The second-order valence-corrected chi connectivity index (χ2v) is 5.24. The Morgan fingerprint density at radius 3 is 2.24 bits per heavy atom. The maximum absolute atomic E-state index is 12.7. The Bertz CT molecular complexity index is 770. The van der Waals surface area contributed by atoms with E-state index >= 15 is 0 Å². The van der Waals surface area contributed by atoms with Crippen molar-refractivity contribution in [3.8, 4) is 17.2 Å². The van der Waals surface area contributed by atoms with Crippen LogP contribution in [0.25, 0.3) is 0 Å². The predicted molar refractivity (Wildman–Crippen MR) is 88.9 cm³/mol. The molecule has 0 aromatic heterocycles. The summed E-state index contributed by atoms with van der Waals surface area (Å²) in [6.07, 6.45) is -3.16. The molecule has 134 valence electrons. The molecule has 0 aliphatic heterocycles. The lowest BCUT2D eigenvalue weighted by atomic mass is 10.2. The van der Waals surface area contributed by atoms with E-state index in [1.165, 1.54) is 32.6 Å². The molecule has 0 amide bonds. The summed E-state index contributed by atoms with van der Waals surface area (Å²) in [4.78, 5) is 0. The molecular weight excluding hydrogens is 361 g/mol. The molecule has 2 aromatic carbocycles. The van der Waals surface area contributed by atoms with Gasteiger partial charge in [0.1, 0.15) is 0 Å². The number of phenolic OH excluding ortho intramolecular Hbond substituents is 1. The minimum atomic E-state index is -4.48. The van der Waals surface area contributed by atoms with E-state index in [9.17, 15) is 18.3 Å². The van der Waals surface area contributed by atoms with Crippen molar-refractivity contribution in [1.82, 2.24) is 0 Å². The summed E-state index contributed by atoms with van der Waals surface area (Å²) in [5.41, 5.74) is 2.11. The van der Waals surface area contributed by atoms with E-state index in [2.05, 4.69) is 10.5 Å². The van der Waals surface area contributed by atoms with Crippen LogP contribution in [-0.4, -0.2) is 25.5 Å². The van der Waals surface area contributed by atoms with Crippen LogP contribution in [0.3, 0.4) is 0 Å². The lowest BCUT2D eigenvalue weighted by molar-refractivity contribution is -0.137. The van der Waals surface area contributed by atoms with Crippen molar-refractivity contribution in [3.63, 3.8) is 0 Å². The number of rotatable bonds is 5. The van der Waals surface area contributed by atoms with Gasteiger partial charge in [-0.3, -0.25) is 5.43 Å². The fraction of sp³-hybridized carbons (Fsp3) is 0.188. The summed E-state index contributed by atoms with van der Waals surface area (Å²) in [5.74, 6) is 0.159. The Kier molecular flexibility index (Phi) is 5.63. The lowest BCUT2D eigenvalue weighted by Gasteiger charge is -2.10. The second-order valence-electron chi connectivity index (χ2n) is 4.84. The fourth-order valence-corrected chi connectivity index (χ4v) is 2.11. The zero-order valence-electron chi connectivity index (χ0n) is 13.2. The van der Waals surface area contributed by atoms with Gasteiger partial charge in [0, 0.05) is 5.56 Å². The molecule has 2 rings (SSSR count). The molecule has 0 fully saturated rings. The van der Waals surface area contributed by atoms with Gasteiger partial charge in [-0.15, -0.1) is 0 Å². The maximum atomic E-state index is 12.7. The van der Waals surface area contributed by atoms with Crippen LogP contribution in [0.1, 0.15) is 11.1 Å². The number of ether oxygens (including phenoxy) is 2. The first-order valence-corrected chi connectivity index (χ1v) is 7.25. The van der Waals surface area contributed by atoms with Gasteiger partial charge in [-0.25, -0.2) is 0 Å². The molecule has 0 aliphatic rings. The third-order valence-corrected chi connectivity index (χ3v) is 3.52. The van der Waals surface area contributed by atoms with Crippen LogP contribution in [0.15, 0.2) is 35.4 Å². The lowest BCUT2D eigenvalue weighted by Crippen LogP contribution is -2.05. The number of methoxy groups -OCH3 is 2. The molecule has 0 atom stereocenters. The topological polar surface area (TPSA) is 63.1 Å². The Morgan fingerprint density at radius 1 is 1.12 bits per heavy atom. The van der Waals surface area contributed by atoms with E-state index in [-0.39, 0.29) is 28.0 Å². The summed E-state index contributed by atoms with van der Waals surface area (Å²) in [6.45, 7) is 0. The molecule has 0 aliphatic carbocycles. The molecule has 5 nitrogen and oxygen atoms in total. The predicted octanol–water partition coefficient (Wildman–Crippen LogP) is 4.53. The second kappa shape index (κ2) is 7.52. The summed E-state index contributed by atoms with van der Waals surface area (Å²) < 4.78 is 48.2. The number of anilines is 1. The average Bonchev–Trinajstić information content (AvgIpc) is 2.56. The highest BCUT2D eigenvalue weighted by atomic mass is 35.5. The Morgan fingerprint density at radius 2 is 1.72 bits per heavy atom. The Balaban J connectivity index is 2.24. The minimum Gasteiger partial charge on any atom is -0.502 e. The molecule has 0 radical (unpaired) electrons. The quantitative estimate of drug-likeness (QED) is 0.596. The van der Waals surface area contributed by atoms with Gasteiger partial charge in [0.25, 0.3) is 0 Å². The zero-order chi connectivity index (χ0) is 18.6. The number of nitrogens with one attached hydrogen (secondary N) is 1. The van der Waals surface area contributed by atoms with Crippen molar-refractivity contribution in [3.05, 3.63) is 46.5 Å². The summed E-state index contributed by atoms with van der Waals surface area (Å²) >= 11 is 5.87. The van der Waals surface area contributed by atoms with Gasteiger partial charge in [0.2, 0.25) is 5.75 Å². The van der Waals surface area contributed by atoms with Crippen LogP contribution in [-0.2, 0) is 6.18 Å². The normalized spacial score (nSPS) is 11.6. The van der Waals surface area contributed by atoms with Crippen LogP contribution in [0, 0.1) is 0 Å². The summed E-state index contributed by atoms with van der Waals surface area (Å²) in [7, 11) is 2.74. The van der Waals surface area contributed by atoms with Crippen LogP contribution in [0.5, 0.6) is 17.2 Å². The van der Waals surface area contributed by atoms with E-state index in [0.29, 0.717) is 5.56 Å². The van der Waals surface area contributed by atoms with E-state index in [1.807, 2.05) is 0 Å². The molecule has 0 spiro atoms. The number of halogens is 4. The number of aromatic hydroxyl groups is 1. The van der Waals surface area contributed by atoms with Gasteiger partial charge in [-0.05, 0) is 30.3 Å². The van der Waals surface area contributed by atoms with E-state index in [4.69, 9.17) is 21.1 Å². The highest BCUT2D eigenvalue weighted by Gasteiger charge is 2.30. The number of nitrogens with zero attached hydrogens (tertiary/aromatic N) is 1. The molecule has 25 heavy (non-hydrogen) atoms. The Hall–Kier alpha value is -2.61. The summed E-state index contributed by atoms with van der Waals surface area (Å²) in [6, 6.07) is 5.84. The molecule has 0 unspecified atom stereocenters. The van der Waals surface area contributed by atoms with Crippen molar-refractivity contribution in [2.24, 2.45) is 5.10 Å². The van der Waals surface area contributed by atoms with Crippen molar-refractivity contribution < 1.29 is 27.8 Å². The average molecular weight is 375 g/mol. The van der Waals surface area contributed by atoms with E-state index < -0.39 is 11.7 Å². The molecule has 0 saturated heterocycles. The molecule has 0 saturated carbocycles. The molecule has 0 heterocycles. The largest absolute Gasteiger partial charge is 0.502 e. The third kappa shape index (κ3) is 4.48. The third-order valence-electron chi connectivity index (χ3n) is 3.19. The number of hydrazone groups is 1. The molecule has 0 bridgehead atoms. The van der Waals surface area contributed by atoms with E-state index in [0.717, 1.165) is 18.2 Å². The molecular formula is C16H14ClF3N2O3. The molecule has 2 aromatic rings. The van der Waals surface area contributed by atoms with Gasteiger partial charge < -0.3 is 14.6 Å². The van der Waals surface area contributed by atoms with Crippen molar-refractivity contribution in [1.29, 1.82) is 0 Å². The Labute approximate surface area is 146 Å². The first-order valence-electron chi connectivity index (χ1n) is 6.87. The molecule has 9 heteroatoms. The van der Waals surface area contributed by atoms with Gasteiger partial charge in [-0.1, -0.05) is 11.6 Å². The first kappa shape index (κ1) is 18.7. The van der Waals surface area contributed by atoms with Crippen LogP contribution >= 0.6 is 11.6 Å². The van der Waals surface area contributed by atoms with Crippen LogP contribution < -0.4 is 14.9 Å². The van der Waals surface area contributed by atoms with Crippen molar-refractivity contribution >= 4 is 23.5 Å².